The van der Waals surface area contributed by atoms with Crippen LogP contribution in [0.1, 0.15) is 26.2 Å². The average molecular weight is 141 g/mol. The lowest BCUT2D eigenvalue weighted by molar-refractivity contribution is 0.110. The Balaban J connectivity index is 2.02. The van der Waals surface area contributed by atoms with Crippen LogP contribution >= 0.6 is 0 Å². The van der Waals surface area contributed by atoms with Gasteiger partial charge in [0.2, 0.25) is 0 Å². The van der Waals surface area contributed by atoms with Crippen molar-refractivity contribution < 1.29 is 5.11 Å². The number of fused-ring (bicyclic) bond motifs is 2. The SMILES string of the molecule is CC(O)C1CC2CCC1N2. The van der Waals surface area contributed by atoms with Crippen molar-refractivity contribution in [3.63, 3.8) is 0 Å². The fraction of sp³-hybridized carbons (Fsp3) is 1.00. The van der Waals surface area contributed by atoms with Crippen molar-refractivity contribution in [2.75, 3.05) is 0 Å². The third kappa shape index (κ3) is 0.867. The van der Waals surface area contributed by atoms with Crippen molar-refractivity contribution >= 4 is 0 Å². The second kappa shape index (κ2) is 2.21. The molecular formula is C8H15NO. The molecule has 2 rings (SSSR count). The number of aliphatic hydroxyl groups excluding tert-OH is 1. The number of hydrogen-bond donors (Lipinski definition) is 2. The molecule has 2 heterocycles. The maximum absolute atomic E-state index is 9.33. The maximum atomic E-state index is 9.33. The zero-order valence-electron chi connectivity index (χ0n) is 6.38. The summed E-state index contributed by atoms with van der Waals surface area (Å²) in [5.41, 5.74) is 0. The van der Waals surface area contributed by atoms with Crippen molar-refractivity contribution in [2.45, 2.75) is 44.4 Å². The predicted molar refractivity (Wildman–Crippen MR) is 39.7 cm³/mol. The van der Waals surface area contributed by atoms with E-state index in [1.165, 1.54) is 19.3 Å². The molecule has 0 aromatic carbocycles. The van der Waals surface area contributed by atoms with Gasteiger partial charge in [0.05, 0.1) is 6.10 Å². The van der Waals surface area contributed by atoms with Crippen LogP contribution in [0.3, 0.4) is 0 Å². The molecule has 4 unspecified atom stereocenters. The third-order valence-corrected chi connectivity index (χ3v) is 2.97. The topological polar surface area (TPSA) is 32.3 Å². The largest absolute Gasteiger partial charge is 0.393 e. The molecule has 0 aromatic heterocycles. The molecule has 0 spiro atoms. The smallest absolute Gasteiger partial charge is 0.0555 e. The molecule has 0 aromatic rings. The molecule has 0 aliphatic carbocycles. The molecular weight excluding hydrogens is 126 g/mol. The first-order valence-corrected chi connectivity index (χ1v) is 4.21. The van der Waals surface area contributed by atoms with E-state index in [1.54, 1.807) is 0 Å². The highest BCUT2D eigenvalue weighted by Crippen LogP contribution is 2.34. The van der Waals surface area contributed by atoms with Crippen LogP contribution in [0.25, 0.3) is 0 Å². The van der Waals surface area contributed by atoms with E-state index in [0.717, 1.165) is 6.04 Å². The Labute approximate surface area is 61.6 Å². The lowest BCUT2D eigenvalue weighted by Gasteiger charge is -2.22. The lowest BCUT2D eigenvalue weighted by Crippen LogP contribution is -2.29. The molecule has 0 radical (unpaired) electrons. The summed E-state index contributed by atoms with van der Waals surface area (Å²) in [4.78, 5) is 0. The molecule has 4 atom stereocenters. The van der Waals surface area contributed by atoms with Crippen LogP contribution in [-0.4, -0.2) is 23.3 Å². The van der Waals surface area contributed by atoms with E-state index in [2.05, 4.69) is 5.32 Å². The fourth-order valence-corrected chi connectivity index (χ4v) is 2.40. The van der Waals surface area contributed by atoms with E-state index in [9.17, 15) is 5.11 Å². The summed E-state index contributed by atoms with van der Waals surface area (Å²) in [6.07, 6.45) is 3.69. The highest BCUT2D eigenvalue weighted by atomic mass is 16.3. The van der Waals surface area contributed by atoms with Crippen LogP contribution in [0.5, 0.6) is 0 Å². The summed E-state index contributed by atoms with van der Waals surface area (Å²) in [5.74, 6) is 0.541. The molecule has 2 aliphatic heterocycles. The molecule has 0 amide bonds. The van der Waals surface area contributed by atoms with Crippen LogP contribution < -0.4 is 5.32 Å². The first-order chi connectivity index (χ1) is 4.77. The molecule has 2 saturated heterocycles. The Hall–Kier alpha value is -0.0800. The van der Waals surface area contributed by atoms with Crippen molar-refractivity contribution in [3.8, 4) is 0 Å². The van der Waals surface area contributed by atoms with Gasteiger partial charge >= 0.3 is 0 Å². The second-order valence-electron chi connectivity index (χ2n) is 3.69. The van der Waals surface area contributed by atoms with Crippen LogP contribution in [0, 0.1) is 5.92 Å². The van der Waals surface area contributed by atoms with Crippen LogP contribution in [0.2, 0.25) is 0 Å². The minimum absolute atomic E-state index is 0.109. The Kier molecular flexibility index (Phi) is 1.46. The number of aliphatic hydroxyl groups is 1. The number of hydrogen-bond acceptors (Lipinski definition) is 2. The summed E-state index contributed by atoms with van der Waals surface area (Å²) < 4.78 is 0. The number of nitrogens with one attached hydrogen (secondary N) is 1. The number of rotatable bonds is 1. The van der Waals surface area contributed by atoms with E-state index in [0.29, 0.717) is 12.0 Å². The van der Waals surface area contributed by atoms with Crippen molar-refractivity contribution in [1.29, 1.82) is 0 Å². The molecule has 2 nitrogen and oxygen atoms in total. The Morgan fingerprint density at radius 1 is 1.50 bits per heavy atom. The second-order valence-corrected chi connectivity index (χ2v) is 3.69. The summed E-state index contributed by atoms with van der Waals surface area (Å²) in [5, 5.41) is 12.8. The van der Waals surface area contributed by atoms with Crippen LogP contribution in [0.4, 0.5) is 0 Å². The van der Waals surface area contributed by atoms with Crippen molar-refractivity contribution in [1.82, 2.24) is 5.32 Å². The van der Waals surface area contributed by atoms with Gasteiger partial charge in [0, 0.05) is 18.0 Å². The summed E-state index contributed by atoms with van der Waals surface area (Å²) in [6, 6.07) is 1.36. The van der Waals surface area contributed by atoms with E-state index in [1.807, 2.05) is 6.92 Å². The van der Waals surface area contributed by atoms with Gasteiger partial charge in [0.25, 0.3) is 0 Å². The quantitative estimate of drug-likeness (QED) is 0.557. The molecule has 2 aliphatic rings. The summed E-state index contributed by atoms with van der Waals surface area (Å²) >= 11 is 0. The Morgan fingerprint density at radius 2 is 2.30 bits per heavy atom. The van der Waals surface area contributed by atoms with Crippen molar-refractivity contribution in [3.05, 3.63) is 0 Å². The van der Waals surface area contributed by atoms with Gasteiger partial charge in [-0.25, -0.2) is 0 Å². The van der Waals surface area contributed by atoms with Crippen LogP contribution in [-0.2, 0) is 0 Å². The molecule has 0 saturated carbocycles. The lowest BCUT2D eigenvalue weighted by atomic mass is 9.86. The highest BCUT2D eigenvalue weighted by molar-refractivity contribution is 4.98. The van der Waals surface area contributed by atoms with E-state index in [4.69, 9.17) is 0 Å². The minimum Gasteiger partial charge on any atom is -0.393 e. The van der Waals surface area contributed by atoms with Gasteiger partial charge < -0.3 is 10.4 Å². The van der Waals surface area contributed by atoms with Gasteiger partial charge in [0.15, 0.2) is 0 Å². The molecule has 2 bridgehead atoms. The molecule has 2 fully saturated rings. The normalized spacial score (nSPS) is 48.0. The van der Waals surface area contributed by atoms with E-state index >= 15 is 0 Å². The highest BCUT2D eigenvalue weighted by Gasteiger charge is 2.40. The Bertz CT molecular complexity index is 135. The van der Waals surface area contributed by atoms with Gasteiger partial charge in [-0.2, -0.15) is 0 Å². The van der Waals surface area contributed by atoms with E-state index < -0.39 is 0 Å². The minimum atomic E-state index is -0.109. The van der Waals surface area contributed by atoms with Crippen molar-refractivity contribution in [2.24, 2.45) is 5.92 Å². The average Bonchev–Trinajstić information content (AvgIpc) is 2.44. The van der Waals surface area contributed by atoms with Crippen LogP contribution in [0.15, 0.2) is 0 Å². The summed E-state index contributed by atoms with van der Waals surface area (Å²) in [7, 11) is 0. The molecule has 10 heavy (non-hydrogen) atoms. The first-order valence-electron chi connectivity index (χ1n) is 4.21. The van der Waals surface area contributed by atoms with Gasteiger partial charge in [-0.05, 0) is 26.2 Å². The molecule has 2 heteroatoms. The van der Waals surface area contributed by atoms with Gasteiger partial charge in [0.1, 0.15) is 0 Å². The molecule has 2 N–H and O–H groups in total. The Morgan fingerprint density at radius 3 is 2.60 bits per heavy atom. The standard InChI is InChI=1S/C8H15NO/c1-5(10)7-4-6-2-3-8(7)9-6/h5-10H,2-4H2,1H3. The van der Waals surface area contributed by atoms with Gasteiger partial charge in [-0.15, -0.1) is 0 Å². The fourth-order valence-electron chi connectivity index (χ4n) is 2.40. The van der Waals surface area contributed by atoms with Gasteiger partial charge in [-0.3, -0.25) is 0 Å². The zero-order valence-corrected chi connectivity index (χ0v) is 6.38. The third-order valence-electron chi connectivity index (χ3n) is 2.97. The summed E-state index contributed by atoms with van der Waals surface area (Å²) in [6.45, 7) is 1.91. The monoisotopic (exact) mass is 141 g/mol. The first kappa shape index (κ1) is 6.62. The van der Waals surface area contributed by atoms with E-state index in [-0.39, 0.29) is 6.10 Å². The zero-order chi connectivity index (χ0) is 7.14. The van der Waals surface area contributed by atoms with Gasteiger partial charge in [-0.1, -0.05) is 0 Å². The predicted octanol–water partition coefficient (Wildman–Crippen LogP) is 0.508. The molecule has 58 valence electrons. The maximum Gasteiger partial charge on any atom is 0.0555 e.